The predicted octanol–water partition coefficient (Wildman–Crippen LogP) is 3.08. The van der Waals surface area contributed by atoms with Gasteiger partial charge in [-0.2, -0.15) is 18.4 Å². The Morgan fingerprint density at radius 2 is 1.94 bits per heavy atom. The van der Waals surface area contributed by atoms with Crippen molar-refractivity contribution in [1.29, 1.82) is 5.26 Å². The van der Waals surface area contributed by atoms with Crippen molar-refractivity contribution in [2.75, 3.05) is 5.32 Å². The van der Waals surface area contributed by atoms with Gasteiger partial charge in [0.1, 0.15) is 11.9 Å². The Morgan fingerprint density at radius 3 is 2.38 bits per heavy atom. The van der Waals surface area contributed by atoms with Gasteiger partial charge >= 0.3 is 6.18 Å². The lowest BCUT2D eigenvalue weighted by Gasteiger charge is -2.26. The molecule has 1 N–H and O–H groups in total. The van der Waals surface area contributed by atoms with Crippen LogP contribution in [-0.4, -0.2) is 11.7 Å². The van der Waals surface area contributed by atoms with Gasteiger partial charge < -0.3 is 5.32 Å². The van der Waals surface area contributed by atoms with Crippen LogP contribution in [0.2, 0.25) is 0 Å². The minimum absolute atomic E-state index is 0.0959. The molecule has 1 rings (SSSR count). The fourth-order valence-electron chi connectivity index (χ4n) is 1.02. The second-order valence-electron chi connectivity index (χ2n) is 3.37. The zero-order valence-corrected chi connectivity index (χ0v) is 8.27. The lowest BCUT2D eigenvalue weighted by molar-refractivity contribution is -0.158. The van der Waals surface area contributed by atoms with Crippen molar-refractivity contribution in [3.05, 3.63) is 30.1 Å². The molecule has 0 aromatic heterocycles. The molecular formula is C10H8F4N2. The molecule has 0 spiro atoms. The summed E-state index contributed by atoms with van der Waals surface area (Å²) in [5.41, 5.74) is -2.83. The van der Waals surface area contributed by atoms with Crippen LogP contribution in [0, 0.1) is 17.1 Å². The molecule has 0 saturated carbocycles. The number of hydrogen-bond donors (Lipinski definition) is 1. The van der Waals surface area contributed by atoms with E-state index in [1.807, 2.05) is 5.32 Å². The highest BCUT2D eigenvalue weighted by Crippen LogP contribution is 2.32. The van der Waals surface area contributed by atoms with Crippen molar-refractivity contribution in [1.82, 2.24) is 0 Å². The van der Waals surface area contributed by atoms with Gasteiger partial charge in [0.05, 0.1) is 0 Å². The molecule has 1 aromatic rings. The monoisotopic (exact) mass is 232 g/mol. The molecule has 0 radical (unpaired) electrons. The lowest BCUT2D eigenvalue weighted by Crippen LogP contribution is -2.47. The Balaban J connectivity index is 3.00. The average Bonchev–Trinajstić information content (AvgIpc) is 2.15. The number of nitrogens with zero attached hydrogens (tertiary/aromatic N) is 1. The van der Waals surface area contributed by atoms with E-state index in [0.717, 1.165) is 18.2 Å². The van der Waals surface area contributed by atoms with Crippen LogP contribution in [0.25, 0.3) is 0 Å². The fraction of sp³-hybridized carbons (Fsp3) is 0.300. The maximum Gasteiger partial charge on any atom is 0.424 e. The SMILES string of the molecule is CC(C#N)(Nc1cccc(F)c1)C(F)(F)F. The minimum atomic E-state index is -4.74. The number of halogens is 4. The molecule has 0 heterocycles. The minimum Gasteiger partial charge on any atom is -0.360 e. The Labute approximate surface area is 89.5 Å². The third-order valence-corrected chi connectivity index (χ3v) is 2.01. The van der Waals surface area contributed by atoms with Crippen molar-refractivity contribution in [2.24, 2.45) is 0 Å². The zero-order valence-electron chi connectivity index (χ0n) is 8.27. The summed E-state index contributed by atoms with van der Waals surface area (Å²) in [6.45, 7) is 0.692. The quantitative estimate of drug-likeness (QED) is 0.795. The van der Waals surface area contributed by atoms with Crippen LogP contribution in [0.5, 0.6) is 0 Å². The number of hydrogen-bond acceptors (Lipinski definition) is 2. The smallest absolute Gasteiger partial charge is 0.360 e. The Morgan fingerprint density at radius 1 is 1.31 bits per heavy atom. The third-order valence-electron chi connectivity index (χ3n) is 2.01. The Kier molecular flexibility index (Phi) is 3.08. The molecule has 2 nitrogen and oxygen atoms in total. The van der Waals surface area contributed by atoms with E-state index in [2.05, 4.69) is 0 Å². The van der Waals surface area contributed by atoms with Crippen LogP contribution in [0.4, 0.5) is 23.2 Å². The largest absolute Gasteiger partial charge is 0.424 e. The van der Waals surface area contributed by atoms with Crippen LogP contribution in [-0.2, 0) is 0 Å². The molecule has 0 aliphatic heterocycles. The molecule has 0 aliphatic rings. The van der Waals surface area contributed by atoms with E-state index in [9.17, 15) is 17.6 Å². The number of alkyl halides is 3. The van der Waals surface area contributed by atoms with Crippen molar-refractivity contribution >= 4 is 5.69 Å². The summed E-state index contributed by atoms with van der Waals surface area (Å²) >= 11 is 0. The first-order valence-electron chi connectivity index (χ1n) is 4.30. The van der Waals surface area contributed by atoms with Crippen LogP contribution < -0.4 is 5.32 Å². The molecule has 0 amide bonds. The second kappa shape index (κ2) is 4.00. The molecule has 0 saturated heterocycles. The zero-order chi connectivity index (χ0) is 12.4. The molecule has 1 unspecified atom stereocenters. The summed E-state index contributed by atoms with van der Waals surface area (Å²) in [6, 6.07) is 5.63. The van der Waals surface area contributed by atoms with Gasteiger partial charge in [-0.15, -0.1) is 0 Å². The molecular weight excluding hydrogens is 224 g/mol. The number of nitrogens with one attached hydrogen (secondary N) is 1. The molecule has 0 fully saturated rings. The maximum absolute atomic E-state index is 12.7. The normalized spacial score (nSPS) is 15.0. The summed E-state index contributed by atoms with van der Waals surface area (Å²) in [6.07, 6.45) is -4.74. The predicted molar refractivity (Wildman–Crippen MR) is 50.1 cm³/mol. The van der Waals surface area contributed by atoms with Gasteiger partial charge in [-0.05, 0) is 25.1 Å². The van der Waals surface area contributed by atoms with Gasteiger partial charge in [0.15, 0.2) is 0 Å². The summed E-state index contributed by atoms with van der Waals surface area (Å²) in [5.74, 6) is -0.674. The first-order valence-corrected chi connectivity index (χ1v) is 4.30. The van der Waals surface area contributed by atoms with Gasteiger partial charge in [0, 0.05) is 5.69 Å². The van der Waals surface area contributed by atoms with E-state index in [4.69, 9.17) is 5.26 Å². The van der Waals surface area contributed by atoms with Crippen molar-refractivity contribution in [3.63, 3.8) is 0 Å². The van der Waals surface area contributed by atoms with E-state index < -0.39 is 17.5 Å². The number of benzene rings is 1. The van der Waals surface area contributed by atoms with E-state index in [-0.39, 0.29) is 5.69 Å². The highest BCUT2D eigenvalue weighted by Gasteiger charge is 2.52. The topological polar surface area (TPSA) is 35.8 Å². The highest BCUT2D eigenvalue weighted by molar-refractivity contribution is 5.48. The van der Waals surface area contributed by atoms with Gasteiger partial charge in [0.25, 0.3) is 0 Å². The Bertz CT molecular complexity index is 422. The Hall–Kier alpha value is -1.77. The molecule has 86 valence electrons. The standard InChI is InChI=1S/C10H8F4N2/c1-9(6-15,10(12,13)14)16-8-4-2-3-7(11)5-8/h2-5,16H,1H3. The molecule has 0 bridgehead atoms. The van der Waals surface area contributed by atoms with Crippen LogP contribution >= 0.6 is 0 Å². The van der Waals surface area contributed by atoms with Gasteiger partial charge in [-0.25, -0.2) is 4.39 Å². The molecule has 6 heteroatoms. The van der Waals surface area contributed by atoms with E-state index in [0.29, 0.717) is 6.92 Å². The summed E-state index contributed by atoms with van der Waals surface area (Å²) in [4.78, 5) is 0. The fourth-order valence-corrected chi connectivity index (χ4v) is 1.02. The number of rotatable bonds is 2. The van der Waals surface area contributed by atoms with E-state index >= 15 is 0 Å². The van der Waals surface area contributed by atoms with Crippen LogP contribution in [0.3, 0.4) is 0 Å². The van der Waals surface area contributed by atoms with Crippen molar-refractivity contribution in [2.45, 2.75) is 18.6 Å². The van der Waals surface area contributed by atoms with E-state index in [1.165, 1.54) is 12.1 Å². The molecule has 1 atom stereocenters. The van der Waals surface area contributed by atoms with Gasteiger partial charge in [-0.3, -0.25) is 0 Å². The first kappa shape index (κ1) is 12.3. The molecule has 1 aromatic carbocycles. The van der Waals surface area contributed by atoms with Crippen LogP contribution in [0.1, 0.15) is 6.92 Å². The first-order chi connectivity index (χ1) is 7.28. The molecule has 0 aliphatic carbocycles. The third kappa shape index (κ3) is 2.42. The summed E-state index contributed by atoms with van der Waals surface area (Å²) < 4.78 is 50.3. The average molecular weight is 232 g/mol. The van der Waals surface area contributed by atoms with Gasteiger partial charge in [0.2, 0.25) is 5.54 Å². The van der Waals surface area contributed by atoms with Crippen molar-refractivity contribution in [3.8, 4) is 6.07 Å². The van der Waals surface area contributed by atoms with Gasteiger partial charge in [-0.1, -0.05) is 6.07 Å². The number of nitriles is 1. The number of anilines is 1. The molecule has 16 heavy (non-hydrogen) atoms. The van der Waals surface area contributed by atoms with E-state index in [1.54, 1.807) is 0 Å². The van der Waals surface area contributed by atoms with Crippen molar-refractivity contribution < 1.29 is 17.6 Å². The highest BCUT2D eigenvalue weighted by atomic mass is 19.4. The maximum atomic E-state index is 12.7. The van der Waals surface area contributed by atoms with Crippen LogP contribution in [0.15, 0.2) is 24.3 Å². The lowest BCUT2D eigenvalue weighted by atomic mass is 10.0. The summed E-state index contributed by atoms with van der Waals surface area (Å²) in [7, 11) is 0. The summed E-state index contributed by atoms with van der Waals surface area (Å²) in [5, 5.41) is 10.5. The second-order valence-corrected chi connectivity index (χ2v) is 3.37.